The predicted molar refractivity (Wildman–Crippen MR) is 97.5 cm³/mol. The first-order chi connectivity index (χ1) is 10.8. The summed E-state index contributed by atoms with van der Waals surface area (Å²) in [6, 6.07) is 20.5. The highest BCUT2D eigenvalue weighted by atomic mass is 35.5. The molecule has 0 spiro atoms. The van der Waals surface area contributed by atoms with Crippen LogP contribution in [-0.4, -0.2) is 4.98 Å². The van der Waals surface area contributed by atoms with E-state index in [-0.39, 0.29) is 0 Å². The minimum atomic E-state index is 0.755. The maximum absolute atomic E-state index is 6.18. The van der Waals surface area contributed by atoms with Crippen LogP contribution in [0, 0.1) is 0 Å². The largest absolute Gasteiger partial charge is 0.236 e. The summed E-state index contributed by atoms with van der Waals surface area (Å²) in [7, 11) is 0. The Kier molecular flexibility index (Phi) is 3.41. The number of fused-ring (bicyclic) bond motifs is 3. The van der Waals surface area contributed by atoms with Gasteiger partial charge in [-0.2, -0.15) is 0 Å². The molecule has 4 rings (SSSR count). The van der Waals surface area contributed by atoms with Gasteiger partial charge in [0.25, 0.3) is 0 Å². The van der Waals surface area contributed by atoms with E-state index in [0.717, 1.165) is 21.1 Å². The SMILES string of the molecule is Clc1ccccc1C=Cc1nc2c(ccc3ccccc32)s1. The van der Waals surface area contributed by atoms with Gasteiger partial charge in [-0.1, -0.05) is 66.2 Å². The lowest BCUT2D eigenvalue weighted by atomic mass is 10.1. The molecule has 0 aliphatic heterocycles. The van der Waals surface area contributed by atoms with E-state index >= 15 is 0 Å². The second kappa shape index (κ2) is 5.56. The van der Waals surface area contributed by atoms with E-state index < -0.39 is 0 Å². The van der Waals surface area contributed by atoms with E-state index in [2.05, 4.69) is 36.4 Å². The first-order valence-electron chi connectivity index (χ1n) is 7.02. The van der Waals surface area contributed by atoms with Crippen LogP contribution in [0.1, 0.15) is 10.6 Å². The third kappa shape index (κ3) is 2.41. The Hall–Kier alpha value is -2.16. The molecule has 0 saturated heterocycles. The van der Waals surface area contributed by atoms with Crippen LogP contribution in [-0.2, 0) is 0 Å². The van der Waals surface area contributed by atoms with E-state index in [1.54, 1.807) is 11.3 Å². The molecule has 3 aromatic carbocycles. The molecule has 0 bridgehead atoms. The lowest BCUT2D eigenvalue weighted by Crippen LogP contribution is -1.75. The molecule has 0 atom stereocenters. The second-order valence-electron chi connectivity index (χ2n) is 5.04. The van der Waals surface area contributed by atoms with E-state index in [9.17, 15) is 0 Å². The highest BCUT2D eigenvalue weighted by Crippen LogP contribution is 2.30. The van der Waals surface area contributed by atoms with Crippen LogP contribution in [0.25, 0.3) is 33.1 Å². The summed E-state index contributed by atoms with van der Waals surface area (Å²) in [4.78, 5) is 4.77. The van der Waals surface area contributed by atoms with Crippen molar-refractivity contribution in [3.8, 4) is 0 Å². The van der Waals surface area contributed by atoms with E-state index in [1.165, 1.54) is 15.5 Å². The third-order valence-corrected chi connectivity index (χ3v) is 4.94. The van der Waals surface area contributed by atoms with Gasteiger partial charge in [0.2, 0.25) is 0 Å². The zero-order chi connectivity index (χ0) is 14.9. The summed E-state index contributed by atoms with van der Waals surface area (Å²) < 4.78 is 1.21. The van der Waals surface area contributed by atoms with Crippen LogP contribution >= 0.6 is 22.9 Å². The Bertz CT molecular complexity index is 1000. The van der Waals surface area contributed by atoms with E-state index in [0.29, 0.717) is 0 Å². The van der Waals surface area contributed by atoms with Gasteiger partial charge in [-0.25, -0.2) is 4.98 Å². The third-order valence-electron chi connectivity index (χ3n) is 3.61. The molecule has 106 valence electrons. The van der Waals surface area contributed by atoms with Crippen molar-refractivity contribution in [1.29, 1.82) is 0 Å². The van der Waals surface area contributed by atoms with Crippen molar-refractivity contribution < 1.29 is 0 Å². The molecule has 0 aliphatic carbocycles. The monoisotopic (exact) mass is 321 g/mol. The summed E-state index contributed by atoms with van der Waals surface area (Å²) >= 11 is 7.88. The minimum absolute atomic E-state index is 0.755. The predicted octanol–water partition coefficient (Wildman–Crippen LogP) is 6.27. The molecular weight excluding hydrogens is 310 g/mol. The van der Waals surface area contributed by atoms with Gasteiger partial charge in [-0.3, -0.25) is 0 Å². The Morgan fingerprint density at radius 3 is 2.59 bits per heavy atom. The van der Waals surface area contributed by atoms with Crippen LogP contribution in [0.5, 0.6) is 0 Å². The number of nitrogens with zero attached hydrogens (tertiary/aromatic N) is 1. The number of halogens is 1. The average Bonchev–Trinajstić information content (AvgIpc) is 2.98. The van der Waals surface area contributed by atoms with Crippen molar-refractivity contribution in [3.05, 3.63) is 76.3 Å². The maximum Gasteiger partial charge on any atom is 0.117 e. The summed E-state index contributed by atoms with van der Waals surface area (Å²) in [5, 5.41) is 4.17. The van der Waals surface area contributed by atoms with Gasteiger partial charge in [0.1, 0.15) is 5.01 Å². The van der Waals surface area contributed by atoms with Crippen LogP contribution in [0.3, 0.4) is 0 Å². The first kappa shape index (κ1) is 13.5. The van der Waals surface area contributed by atoms with Crippen LogP contribution < -0.4 is 0 Å². The fourth-order valence-corrected chi connectivity index (χ4v) is 3.61. The number of benzene rings is 3. The zero-order valence-electron chi connectivity index (χ0n) is 11.7. The van der Waals surface area contributed by atoms with Crippen LogP contribution in [0.2, 0.25) is 5.02 Å². The molecule has 0 radical (unpaired) electrons. The van der Waals surface area contributed by atoms with Crippen molar-refractivity contribution >= 4 is 56.1 Å². The minimum Gasteiger partial charge on any atom is -0.236 e. The summed E-state index contributed by atoms with van der Waals surface area (Å²) in [6.07, 6.45) is 4.04. The molecule has 0 amide bonds. The van der Waals surface area contributed by atoms with Gasteiger partial charge in [-0.15, -0.1) is 11.3 Å². The Morgan fingerprint density at radius 1 is 0.864 bits per heavy atom. The number of thiazole rings is 1. The number of aromatic nitrogens is 1. The topological polar surface area (TPSA) is 12.9 Å². The fraction of sp³-hybridized carbons (Fsp3) is 0. The van der Waals surface area contributed by atoms with Gasteiger partial charge >= 0.3 is 0 Å². The first-order valence-corrected chi connectivity index (χ1v) is 8.21. The number of hydrogen-bond acceptors (Lipinski definition) is 2. The van der Waals surface area contributed by atoms with Gasteiger partial charge in [0, 0.05) is 10.4 Å². The summed E-state index contributed by atoms with van der Waals surface area (Å²) in [5.41, 5.74) is 2.08. The van der Waals surface area contributed by atoms with Gasteiger partial charge in [0.05, 0.1) is 10.2 Å². The van der Waals surface area contributed by atoms with E-state index in [4.69, 9.17) is 16.6 Å². The zero-order valence-corrected chi connectivity index (χ0v) is 13.2. The summed E-state index contributed by atoms with van der Waals surface area (Å²) in [6.45, 7) is 0. The van der Waals surface area contributed by atoms with Crippen molar-refractivity contribution in [1.82, 2.24) is 4.98 Å². The quantitative estimate of drug-likeness (QED) is 0.424. The smallest absolute Gasteiger partial charge is 0.117 e. The molecular formula is C19H12ClNS. The van der Waals surface area contributed by atoms with Crippen molar-refractivity contribution in [2.24, 2.45) is 0 Å². The molecule has 3 heteroatoms. The average molecular weight is 322 g/mol. The molecule has 1 heterocycles. The van der Waals surface area contributed by atoms with Crippen LogP contribution in [0.15, 0.2) is 60.7 Å². The lowest BCUT2D eigenvalue weighted by molar-refractivity contribution is 1.48. The molecule has 0 fully saturated rings. The van der Waals surface area contributed by atoms with Crippen molar-refractivity contribution in [3.63, 3.8) is 0 Å². The Balaban J connectivity index is 1.80. The van der Waals surface area contributed by atoms with Gasteiger partial charge < -0.3 is 0 Å². The molecule has 22 heavy (non-hydrogen) atoms. The van der Waals surface area contributed by atoms with E-state index in [1.807, 2.05) is 36.4 Å². The molecule has 0 N–H and O–H groups in total. The van der Waals surface area contributed by atoms with Crippen molar-refractivity contribution in [2.45, 2.75) is 0 Å². The normalized spacial score (nSPS) is 11.7. The van der Waals surface area contributed by atoms with Gasteiger partial charge in [-0.05, 0) is 29.2 Å². The number of hydrogen-bond donors (Lipinski definition) is 0. The van der Waals surface area contributed by atoms with Crippen molar-refractivity contribution in [2.75, 3.05) is 0 Å². The Morgan fingerprint density at radius 2 is 1.68 bits per heavy atom. The van der Waals surface area contributed by atoms with Crippen LogP contribution in [0.4, 0.5) is 0 Å². The second-order valence-corrected chi connectivity index (χ2v) is 6.51. The fourth-order valence-electron chi connectivity index (χ4n) is 2.52. The molecule has 0 aliphatic rings. The Labute approximate surface area is 137 Å². The molecule has 4 aromatic rings. The number of rotatable bonds is 2. The molecule has 0 unspecified atom stereocenters. The molecule has 1 aromatic heterocycles. The maximum atomic E-state index is 6.18. The highest BCUT2D eigenvalue weighted by molar-refractivity contribution is 7.19. The lowest BCUT2D eigenvalue weighted by Gasteiger charge is -1.96. The summed E-state index contributed by atoms with van der Waals surface area (Å²) in [5.74, 6) is 0. The highest BCUT2D eigenvalue weighted by Gasteiger charge is 2.05. The molecule has 0 saturated carbocycles. The molecule has 1 nitrogen and oxygen atoms in total. The standard InChI is InChI=1S/C19H12ClNS/c20-16-8-4-2-6-14(16)10-12-18-21-19-15-7-3-1-5-13(15)9-11-17(19)22-18/h1-12H. The van der Waals surface area contributed by atoms with Gasteiger partial charge in [0.15, 0.2) is 0 Å².